The first-order chi connectivity index (χ1) is 12.7. The van der Waals surface area contributed by atoms with Crippen molar-refractivity contribution < 1.29 is 13.9 Å². The van der Waals surface area contributed by atoms with E-state index in [1.165, 1.54) is 23.0 Å². The fraction of sp³-hybridized carbons (Fsp3) is 0.294. The van der Waals surface area contributed by atoms with Crippen molar-refractivity contribution in [3.05, 3.63) is 42.0 Å². The van der Waals surface area contributed by atoms with Gasteiger partial charge in [0.2, 0.25) is 0 Å². The number of rotatable bonds is 6. The van der Waals surface area contributed by atoms with Crippen LogP contribution >= 0.6 is 0 Å². The molecule has 1 fully saturated rings. The van der Waals surface area contributed by atoms with Gasteiger partial charge in [-0.2, -0.15) is 0 Å². The lowest BCUT2D eigenvalue weighted by atomic mass is 10.2. The molecule has 0 aliphatic heterocycles. The number of anilines is 2. The normalized spacial score (nSPS) is 13.7. The Hall–Kier alpha value is -3.23. The van der Waals surface area contributed by atoms with Crippen molar-refractivity contribution in [1.29, 1.82) is 0 Å². The van der Waals surface area contributed by atoms with E-state index < -0.39 is 12.6 Å². The maximum Gasteiger partial charge on any atom is 0.263 e. The number of nitrogens with zero attached hydrogens (tertiary/aromatic N) is 4. The minimum Gasteiger partial charge on any atom is -0.491 e. The van der Waals surface area contributed by atoms with Crippen LogP contribution in [0.25, 0.3) is 5.65 Å². The molecular formula is C17H17FN6O2. The number of carbonyl (C=O) groups is 1. The maximum atomic E-state index is 12.9. The van der Waals surface area contributed by atoms with Crippen molar-refractivity contribution in [1.82, 2.24) is 19.6 Å². The van der Waals surface area contributed by atoms with Gasteiger partial charge in [0.1, 0.15) is 23.7 Å². The third kappa shape index (κ3) is 3.15. The van der Waals surface area contributed by atoms with Crippen LogP contribution in [0, 0.1) is 5.92 Å². The molecule has 26 heavy (non-hydrogen) atoms. The number of alkyl halides is 1. The third-order valence-corrected chi connectivity index (χ3v) is 4.13. The molecule has 1 aliphatic carbocycles. The molecule has 1 aliphatic rings. The molecule has 8 nitrogen and oxygen atoms in total. The molecule has 3 aromatic heterocycles. The summed E-state index contributed by atoms with van der Waals surface area (Å²) in [5.41, 5.74) is 6.77. The topological polar surface area (TPSA) is 107 Å². The Morgan fingerprint density at radius 3 is 3.04 bits per heavy atom. The lowest BCUT2D eigenvalue weighted by Crippen LogP contribution is -2.15. The van der Waals surface area contributed by atoms with E-state index in [-0.39, 0.29) is 22.7 Å². The smallest absolute Gasteiger partial charge is 0.263 e. The van der Waals surface area contributed by atoms with Crippen molar-refractivity contribution in [2.45, 2.75) is 19.5 Å². The molecule has 9 heteroatoms. The first kappa shape index (κ1) is 16.2. The Morgan fingerprint density at radius 2 is 2.27 bits per heavy atom. The largest absolute Gasteiger partial charge is 0.491 e. The van der Waals surface area contributed by atoms with Crippen molar-refractivity contribution in [3.63, 3.8) is 0 Å². The molecule has 0 bridgehead atoms. The minimum absolute atomic E-state index is 0.00958. The standard InChI is InChI=1S/C17H17FN6O2/c18-7-11-4-6-24-16(21-11)14(15(19)23-24)17(25)22-12-8-20-5-3-13(12)26-9-10-1-2-10/h3-6,8,10H,1-2,7,9H2,(H2,19,23)(H,22,25). The predicted molar refractivity (Wildman–Crippen MR) is 92.6 cm³/mol. The van der Waals surface area contributed by atoms with Crippen LogP contribution in [0.15, 0.2) is 30.7 Å². The van der Waals surface area contributed by atoms with Gasteiger partial charge >= 0.3 is 0 Å². The van der Waals surface area contributed by atoms with Crippen LogP contribution in [0.1, 0.15) is 28.9 Å². The molecule has 0 radical (unpaired) electrons. The Bertz CT molecular complexity index is 969. The zero-order chi connectivity index (χ0) is 18.1. The number of nitrogens with two attached hydrogens (primary N) is 1. The van der Waals surface area contributed by atoms with Gasteiger partial charge in [0, 0.05) is 18.5 Å². The van der Waals surface area contributed by atoms with Crippen molar-refractivity contribution in [3.8, 4) is 5.75 Å². The Morgan fingerprint density at radius 1 is 1.42 bits per heavy atom. The van der Waals surface area contributed by atoms with Crippen LogP contribution in [0.5, 0.6) is 5.75 Å². The Kier molecular flexibility index (Phi) is 4.11. The van der Waals surface area contributed by atoms with Gasteiger partial charge < -0.3 is 15.8 Å². The first-order valence-corrected chi connectivity index (χ1v) is 8.23. The zero-order valence-electron chi connectivity index (χ0n) is 13.9. The van der Waals surface area contributed by atoms with Gasteiger partial charge in [0.15, 0.2) is 11.5 Å². The quantitative estimate of drug-likeness (QED) is 0.701. The van der Waals surface area contributed by atoms with E-state index in [9.17, 15) is 9.18 Å². The number of nitrogens with one attached hydrogen (secondary N) is 1. The Balaban J connectivity index is 1.62. The number of pyridine rings is 1. The van der Waals surface area contributed by atoms with Gasteiger partial charge in [-0.05, 0) is 24.8 Å². The van der Waals surface area contributed by atoms with Crippen LogP contribution in [0.4, 0.5) is 15.9 Å². The van der Waals surface area contributed by atoms with Crippen molar-refractivity contribution in [2.75, 3.05) is 17.7 Å². The number of hydrogen-bond acceptors (Lipinski definition) is 6. The molecule has 1 saturated carbocycles. The van der Waals surface area contributed by atoms with Gasteiger partial charge in [0.05, 0.1) is 18.5 Å². The van der Waals surface area contributed by atoms with E-state index >= 15 is 0 Å². The third-order valence-electron chi connectivity index (χ3n) is 4.13. The fourth-order valence-electron chi connectivity index (χ4n) is 2.55. The van der Waals surface area contributed by atoms with Crippen LogP contribution in [-0.4, -0.2) is 32.1 Å². The van der Waals surface area contributed by atoms with E-state index in [2.05, 4.69) is 20.4 Å². The zero-order valence-corrected chi connectivity index (χ0v) is 13.9. The number of amides is 1. The second-order valence-electron chi connectivity index (χ2n) is 6.16. The molecule has 0 spiro atoms. The van der Waals surface area contributed by atoms with Gasteiger partial charge in [-0.25, -0.2) is 13.9 Å². The van der Waals surface area contributed by atoms with Crippen LogP contribution in [0.3, 0.4) is 0 Å². The summed E-state index contributed by atoms with van der Waals surface area (Å²) in [6, 6.07) is 3.17. The first-order valence-electron chi connectivity index (χ1n) is 8.23. The Labute approximate surface area is 148 Å². The van der Waals surface area contributed by atoms with Crippen LogP contribution < -0.4 is 15.8 Å². The van der Waals surface area contributed by atoms with E-state index in [4.69, 9.17) is 10.5 Å². The monoisotopic (exact) mass is 356 g/mol. The second-order valence-corrected chi connectivity index (χ2v) is 6.16. The lowest BCUT2D eigenvalue weighted by Gasteiger charge is -2.11. The number of nitrogen functional groups attached to an aromatic ring is 1. The van der Waals surface area contributed by atoms with Gasteiger partial charge in [-0.15, -0.1) is 5.10 Å². The molecule has 0 aromatic carbocycles. The van der Waals surface area contributed by atoms with Crippen LogP contribution in [-0.2, 0) is 6.67 Å². The van der Waals surface area contributed by atoms with Crippen LogP contribution in [0.2, 0.25) is 0 Å². The molecular weight excluding hydrogens is 339 g/mol. The van der Waals surface area contributed by atoms with Gasteiger partial charge in [0.25, 0.3) is 5.91 Å². The predicted octanol–water partition coefficient (Wildman–Crippen LogP) is 2.22. The summed E-state index contributed by atoms with van der Waals surface area (Å²) in [4.78, 5) is 20.9. The molecule has 3 aromatic rings. The summed E-state index contributed by atoms with van der Waals surface area (Å²) in [5, 5.41) is 6.78. The highest BCUT2D eigenvalue weighted by Crippen LogP contribution is 2.31. The summed E-state index contributed by atoms with van der Waals surface area (Å²) in [5.74, 6) is 0.610. The van der Waals surface area contributed by atoms with Gasteiger partial charge in [-0.3, -0.25) is 9.78 Å². The number of fused-ring (bicyclic) bond motifs is 1. The average molecular weight is 356 g/mol. The molecule has 1 amide bonds. The number of carbonyl (C=O) groups excluding carboxylic acids is 1. The highest BCUT2D eigenvalue weighted by molar-refractivity contribution is 6.12. The molecule has 0 atom stereocenters. The van der Waals surface area contributed by atoms with E-state index in [0.29, 0.717) is 24.0 Å². The van der Waals surface area contributed by atoms with Gasteiger partial charge in [-0.1, -0.05) is 0 Å². The number of halogens is 1. The molecule has 3 heterocycles. The van der Waals surface area contributed by atoms with E-state index in [1.807, 2.05) is 0 Å². The highest BCUT2D eigenvalue weighted by atomic mass is 19.1. The van der Waals surface area contributed by atoms with E-state index in [0.717, 1.165) is 12.8 Å². The van der Waals surface area contributed by atoms with Crippen molar-refractivity contribution in [2.24, 2.45) is 5.92 Å². The molecule has 0 saturated heterocycles. The summed E-state index contributed by atoms with van der Waals surface area (Å²) in [7, 11) is 0. The van der Waals surface area contributed by atoms with Crippen molar-refractivity contribution >= 4 is 23.1 Å². The number of ether oxygens (including phenoxy) is 1. The lowest BCUT2D eigenvalue weighted by molar-refractivity contribution is 0.102. The summed E-state index contributed by atoms with van der Waals surface area (Å²) >= 11 is 0. The summed E-state index contributed by atoms with van der Waals surface area (Å²) in [6.45, 7) is -0.141. The molecule has 0 unspecified atom stereocenters. The fourth-order valence-corrected chi connectivity index (χ4v) is 2.55. The molecule has 3 N–H and O–H groups in total. The summed E-state index contributed by atoms with van der Waals surface area (Å²) < 4.78 is 20.0. The molecule has 134 valence electrons. The minimum atomic E-state index is -0.746. The second kappa shape index (κ2) is 6.58. The SMILES string of the molecule is Nc1nn2ccc(CF)nc2c1C(=O)Nc1cnccc1OCC1CC1. The molecule has 4 rings (SSSR count). The average Bonchev–Trinajstić information content (AvgIpc) is 3.41. The summed E-state index contributed by atoms with van der Waals surface area (Å²) in [6.07, 6.45) is 6.93. The maximum absolute atomic E-state index is 12.9. The number of aromatic nitrogens is 4. The number of hydrogen-bond donors (Lipinski definition) is 2. The highest BCUT2D eigenvalue weighted by Gasteiger charge is 2.24. The van der Waals surface area contributed by atoms with E-state index in [1.54, 1.807) is 12.3 Å².